The Morgan fingerprint density at radius 1 is 1.39 bits per heavy atom. The molecular formula is C13H26N2O3. The quantitative estimate of drug-likeness (QED) is 0.807. The number of amides is 1. The molecule has 1 amide bonds. The molecule has 1 fully saturated rings. The SMILES string of the molecule is COCC1CCC(N)C(NC(=O)OC(C)(C)C)C1. The Balaban J connectivity index is 2.45. The second-order valence-electron chi connectivity index (χ2n) is 6.05. The van der Waals surface area contributed by atoms with Crippen molar-refractivity contribution >= 4 is 6.09 Å². The Kier molecular flexibility index (Phi) is 5.41. The molecule has 3 N–H and O–H groups in total. The second-order valence-corrected chi connectivity index (χ2v) is 6.05. The van der Waals surface area contributed by atoms with Crippen LogP contribution in [0.2, 0.25) is 0 Å². The Morgan fingerprint density at radius 3 is 2.61 bits per heavy atom. The summed E-state index contributed by atoms with van der Waals surface area (Å²) in [6.45, 7) is 6.27. The Morgan fingerprint density at radius 2 is 2.06 bits per heavy atom. The van der Waals surface area contributed by atoms with Crippen LogP contribution in [0.5, 0.6) is 0 Å². The summed E-state index contributed by atoms with van der Waals surface area (Å²) in [6, 6.07) is -0.0145. The number of carbonyl (C=O) groups is 1. The normalized spacial score (nSPS) is 28.8. The third kappa shape index (κ3) is 5.23. The van der Waals surface area contributed by atoms with Gasteiger partial charge in [0.25, 0.3) is 0 Å². The molecule has 106 valence electrons. The van der Waals surface area contributed by atoms with Gasteiger partial charge in [-0.1, -0.05) is 0 Å². The lowest BCUT2D eigenvalue weighted by Crippen LogP contribution is -2.52. The highest BCUT2D eigenvalue weighted by Gasteiger charge is 2.30. The van der Waals surface area contributed by atoms with E-state index >= 15 is 0 Å². The van der Waals surface area contributed by atoms with E-state index in [0.717, 1.165) is 25.9 Å². The van der Waals surface area contributed by atoms with Crippen LogP contribution >= 0.6 is 0 Å². The van der Waals surface area contributed by atoms with Crippen molar-refractivity contribution in [3.05, 3.63) is 0 Å². The van der Waals surface area contributed by atoms with Crippen LogP contribution < -0.4 is 11.1 Å². The summed E-state index contributed by atoms with van der Waals surface area (Å²) in [7, 11) is 1.70. The first-order valence-corrected chi connectivity index (χ1v) is 6.56. The van der Waals surface area contributed by atoms with E-state index in [1.54, 1.807) is 7.11 Å². The molecule has 5 heteroatoms. The lowest BCUT2D eigenvalue weighted by atomic mass is 9.83. The standard InChI is InChI=1S/C13H26N2O3/c1-13(2,3)18-12(16)15-11-7-9(8-17-4)5-6-10(11)14/h9-11H,5-8,14H2,1-4H3,(H,15,16). The molecule has 0 bridgehead atoms. The van der Waals surface area contributed by atoms with E-state index in [1.807, 2.05) is 20.8 Å². The summed E-state index contributed by atoms with van der Waals surface area (Å²) >= 11 is 0. The lowest BCUT2D eigenvalue weighted by molar-refractivity contribution is 0.0454. The van der Waals surface area contributed by atoms with Gasteiger partial charge in [-0.25, -0.2) is 4.79 Å². The van der Waals surface area contributed by atoms with Gasteiger partial charge in [-0.3, -0.25) is 0 Å². The molecular weight excluding hydrogens is 232 g/mol. The number of hydrogen-bond acceptors (Lipinski definition) is 4. The maximum absolute atomic E-state index is 11.7. The van der Waals surface area contributed by atoms with E-state index in [1.165, 1.54) is 0 Å². The average molecular weight is 258 g/mol. The zero-order chi connectivity index (χ0) is 13.8. The van der Waals surface area contributed by atoms with Gasteiger partial charge in [-0.05, 0) is 46.0 Å². The predicted molar refractivity (Wildman–Crippen MR) is 70.4 cm³/mol. The van der Waals surface area contributed by atoms with Crippen molar-refractivity contribution < 1.29 is 14.3 Å². The molecule has 0 aromatic heterocycles. The first kappa shape index (κ1) is 15.2. The van der Waals surface area contributed by atoms with Crippen molar-refractivity contribution in [2.75, 3.05) is 13.7 Å². The molecule has 0 aromatic carbocycles. The highest BCUT2D eigenvalue weighted by molar-refractivity contribution is 5.68. The molecule has 0 heterocycles. The monoisotopic (exact) mass is 258 g/mol. The molecule has 1 saturated carbocycles. The average Bonchev–Trinajstić information content (AvgIpc) is 2.20. The smallest absolute Gasteiger partial charge is 0.407 e. The van der Waals surface area contributed by atoms with Crippen LogP contribution in [0.25, 0.3) is 0 Å². The summed E-state index contributed by atoms with van der Waals surface area (Å²) in [6.07, 6.45) is 2.44. The molecule has 0 radical (unpaired) electrons. The Bertz CT molecular complexity index is 276. The van der Waals surface area contributed by atoms with Gasteiger partial charge in [-0.2, -0.15) is 0 Å². The number of rotatable bonds is 3. The molecule has 5 nitrogen and oxygen atoms in total. The van der Waals surface area contributed by atoms with Gasteiger partial charge in [0.2, 0.25) is 0 Å². The van der Waals surface area contributed by atoms with E-state index in [0.29, 0.717) is 5.92 Å². The largest absolute Gasteiger partial charge is 0.444 e. The van der Waals surface area contributed by atoms with Crippen LogP contribution in [0.1, 0.15) is 40.0 Å². The number of ether oxygens (including phenoxy) is 2. The van der Waals surface area contributed by atoms with Crippen molar-refractivity contribution in [1.82, 2.24) is 5.32 Å². The summed E-state index contributed by atoms with van der Waals surface area (Å²) in [5.74, 6) is 0.467. The number of alkyl carbamates (subject to hydrolysis) is 1. The molecule has 3 unspecified atom stereocenters. The molecule has 1 rings (SSSR count). The minimum absolute atomic E-state index is 0.00521. The summed E-state index contributed by atoms with van der Waals surface area (Å²) < 4.78 is 10.4. The fourth-order valence-electron chi connectivity index (χ4n) is 2.29. The van der Waals surface area contributed by atoms with E-state index in [-0.39, 0.29) is 18.2 Å². The first-order valence-electron chi connectivity index (χ1n) is 6.56. The van der Waals surface area contributed by atoms with E-state index in [9.17, 15) is 4.79 Å². The van der Waals surface area contributed by atoms with Crippen molar-refractivity contribution in [3.8, 4) is 0 Å². The highest BCUT2D eigenvalue weighted by Crippen LogP contribution is 2.24. The zero-order valence-corrected chi connectivity index (χ0v) is 11.9. The number of methoxy groups -OCH3 is 1. The molecule has 3 atom stereocenters. The third-order valence-corrected chi connectivity index (χ3v) is 3.12. The van der Waals surface area contributed by atoms with Crippen LogP contribution in [0, 0.1) is 5.92 Å². The van der Waals surface area contributed by atoms with Crippen LogP contribution in [0.3, 0.4) is 0 Å². The maximum Gasteiger partial charge on any atom is 0.407 e. The summed E-state index contributed by atoms with van der Waals surface area (Å²) in [4.78, 5) is 11.7. The lowest BCUT2D eigenvalue weighted by Gasteiger charge is -2.34. The van der Waals surface area contributed by atoms with Crippen molar-refractivity contribution in [3.63, 3.8) is 0 Å². The van der Waals surface area contributed by atoms with Crippen molar-refractivity contribution in [2.24, 2.45) is 11.7 Å². The molecule has 18 heavy (non-hydrogen) atoms. The van der Waals surface area contributed by atoms with Gasteiger partial charge in [-0.15, -0.1) is 0 Å². The van der Waals surface area contributed by atoms with Gasteiger partial charge < -0.3 is 20.5 Å². The van der Waals surface area contributed by atoms with E-state index in [2.05, 4.69) is 5.32 Å². The van der Waals surface area contributed by atoms with Crippen LogP contribution in [-0.2, 0) is 9.47 Å². The van der Waals surface area contributed by atoms with E-state index < -0.39 is 5.60 Å². The molecule has 0 aliphatic heterocycles. The molecule has 0 saturated heterocycles. The molecule has 0 spiro atoms. The predicted octanol–water partition coefficient (Wildman–Crippen LogP) is 1.65. The number of nitrogens with two attached hydrogens (primary N) is 1. The zero-order valence-electron chi connectivity index (χ0n) is 11.9. The Labute approximate surface area is 109 Å². The topological polar surface area (TPSA) is 73.6 Å². The summed E-state index contributed by atoms with van der Waals surface area (Å²) in [5.41, 5.74) is 5.56. The van der Waals surface area contributed by atoms with E-state index in [4.69, 9.17) is 15.2 Å². The van der Waals surface area contributed by atoms with Gasteiger partial charge in [0.1, 0.15) is 5.60 Å². The van der Waals surface area contributed by atoms with Crippen molar-refractivity contribution in [1.29, 1.82) is 0 Å². The van der Waals surface area contributed by atoms with Gasteiger partial charge >= 0.3 is 6.09 Å². The minimum Gasteiger partial charge on any atom is -0.444 e. The first-order chi connectivity index (χ1) is 8.31. The molecule has 1 aliphatic rings. The van der Waals surface area contributed by atoms with Crippen molar-refractivity contribution in [2.45, 2.75) is 57.7 Å². The number of hydrogen-bond donors (Lipinski definition) is 2. The second kappa shape index (κ2) is 6.38. The van der Waals surface area contributed by atoms with Gasteiger partial charge in [0, 0.05) is 25.8 Å². The molecule has 0 aromatic rings. The summed E-state index contributed by atoms with van der Waals surface area (Å²) in [5, 5.41) is 2.87. The minimum atomic E-state index is -0.477. The van der Waals surface area contributed by atoms with Gasteiger partial charge in [0.15, 0.2) is 0 Å². The number of nitrogens with one attached hydrogen (secondary N) is 1. The highest BCUT2D eigenvalue weighted by atomic mass is 16.6. The maximum atomic E-state index is 11.7. The third-order valence-electron chi connectivity index (χ3n) is 3.12. The Hall–Kier alpha value is -0.810. The van der Waals surface area contributed by atoms with Crippen LogP contribution in [-0.4, -0.2) is 37.5 Å². The fraction of sp³-hybridized carbons (Fsp3) is 0.923. The fourth-order valence-corrected chi connectivity index (χ4v) is 2.29. The molecule has 1 aliphatic carbocycles. The number of carbonyl (C=O) groups excluding carboxylic acids is 1. The van der Waals surface area contributed by atoms with Gasteiger partial charge in [0.05, 0.1) is 0 Å². The van der Waals surface area contributed by atoms with Crippen LogP contribution in [0.4, 0.5) is 4.79 Å². The van der Waals surface area contributed by atoms with Crippen LogP contribution in [0.15, 0.2) is 0 Å².